The van der Waals surface area contributed by atoms with Gasteiger partial charge in [-0.15, -0.1) is 5.10 Å². The van der Waals surface area contributed by atoms with Gasteiger partial charge in [-0.3, -0.25) is 19.9 Å². The van der Waals surface area contributed by atoms with Crippen molar-refractivity contribution in [3.05, 3.63) is 66.5 Å². The number of hydrogen-bond donors (Lipinski definition) is 3. The largest absolute Gasteiger partial charge is 0.451 e. The second-order valence-corrected chi connectivity index (χ2v) is 10.6. The molecule has 1 saturated carbocycles. The van der Waals surface area contributed by atoms with Crippen LogP contribution < -0.4 is 26.6 Å². The van der Waals surface area contributed by atoms with E-state index < -0.39 is 40.0 Å². The number of benzene rings is 2. The van der Waals surface area contributed by atoms with Crippen LogP contribution in [0.4, 0.5) is 20.7 Å². The molecule has 1 aromatic heterocycles. The number of carbonyl (C=O) groups excluding carboxylic acids is 2. The molecule has 2 heterocycles. The summed E-state index contributed by atoms with van der Waals surface area (Å²) >= 11 is 12.7. The van der Waals surface area contributed by atoms with Crippen LogP contribution in [0.15, 0.2) is 33.9 Å². The summed E-state index contributed by atoms with van der Waals surface area (Å²) in [5.74, 6) is -1.76. The highest BCUT2D eigenvalue weighted by Crippen LogP contribution is 2.57. The molecule has 3 N–H and O–H groups in total. The standard InChI is InChI=1S/C24H20Cl2FN5O6/c1-23(2,3)38-22(36)29-18-19(33)30-21(35)32(31-18)10-8-11(25)17(12(26)9-10)37-14-5-4-13-15(16(14)27)24(6-7-24)20(34)28-13/h4-5,8-9H,6-7H2,1-3H3,(H,28,34)(H,29,31,36)(H,30,33,35). The molecule has 198 valence electrons. The van der Waals surface area contributed by atoms with Gasteiger partial charge in [0.15, 0.2) is 17.3 Å². The molecule has 2 amide bonds. The number of halogens is 3. The lowest BCUT2D eigenvalue weighted by Crippen LogP contribution is -2.36. The van der Waals surface area contributed by atoms with Crippen molar-refractivity contribution in [3.8, 4) is 17.2 Å². The van der Waals surface area contributed by atoms with Crippen molar-refractivity contribution in [1.29, 1.82) is 0 Å². The zero-order valence-electron chi connectivity index (χ0n) is 20.2. The summed E-state index contributed by atoms with van der Waals surface area (Å²) in [6.07, 6.45) is 0.115. The van der Waals surface area contributed by atoms with E-state index in [0.29, 0.717) is 18.5 Å². The minimum absolute atomic E-state index is 0.0157. The van der Waals surface area contributed by atoms with Crippen LogP contribution in [0.1, 0.15) is 39.2 Å². The molecule has 0 bridgehead atoms. The number of nitrogens with zero attached hydrogens (tertiary/aromatic N) is 2. The first-order chi connectivity index (χ1) is 17.8. The van der Waals surface area contributed by atoms with Crippen LogP contribution in [0.25, 0.3) is 5.69 Å². The van der Waals surface area contributed by atoms with Gasteiger partial charge in [0.1, 0.15) is 5.60 Å². The molecular weight excluding hydrogens is 544 g/mol. The van der Waals surface area contributed by atoms with E-state index in [9.17, 15) is 19.2 Å². The number of fused-ring (bicyclic) bond motifs is 2. The van der Waals surface area contributed by atoms with Crippen molar-refractivity contribution in [2.75, 3.05) is 10.6 Å². The maximum atomic E-state index is 15.4. The molecule has 1 spiro atoms. The van der Waals surface area contributed by atoms with Gasteiger partial charge >= 0.3 is 11.8 Å². The number of aromatic nitrogens is 3. The molecule has 38 heavy (non-hydrogen) atoms. The van der Waals surface area contributed by atoms with Crippen molar-refractivity contribution < 1.29 is 23.5 Å². The topological polar surface area (TPSA) is 144 Å². The summed E-state index contributed by atoms with van der Waals surface area (Å²) in [7, 11) is 0. The second-order valence-electron chi connectivity index (χ2n) is 9.82. The predicted octanol–water partition coefficient (Wildman–Crippen LogP) is 4.49. The molecule has 0 unspecified atom stereocenters. The van der Waals surface area contributed by atoms with E-state index in [2.05, 4.69) is 15.7 Å². The molecule has 0 saturated heterocycles. The van der Waals surface area contributed by atoms with E-state index in [1.807, 2.05) is 4.98 Å². The van der Waals surface area contributed by atoms with E-state index in [0.717, 1.165) is 4.68 Å². The molecule has 1 fully saturated rings. The van der Waals surface area contributed by atoms with Crippen LogP contribution in [-0.2, 0) is 14.9 Å². The Morgan fingerprint density at radius 3 is 2.42 bits per heavy atom. The Hall–Kier alpha value is -3.90. The van der Waals surface area contributed by atoms with Gasteiger partial charge in [-0.2, -0.15) is 4.68 Å². The smallest absolute Gasteiger partial charge is 0.413 e. The summed E-state index contributed by atoms with van der Waals surface area (Å²) in [6.45, 7) is 4.90. The highest BCUT2D eigenvalue weighted by Gasteiger charge is 2.58. The first-order valence-electron chi connectivity index (χ1n) is 11.3. The number of hydrogen-bond acceptors (Lipinski definition) is 7. The maximum Gasteiger partial charge on any atom is 0.413 e. The Morgan fingerprint density at radius 1 is 1.16 bits per heavy atom. The molecule has 2 aliphatic rings. The van der Waals surface area contributed by atoms with Crippen LogP contribution in [0, 0.1) is 5.82 Å². The third kappa shape index (κ3) is 4.50. The molecule has 0 radical (unpaired) electrons. The lowest BCUT2D eigenvalue weighted by Gasteiger charge is -2.19. The molecule has 5 rings (SSSR count). The summed E-state index contributed by atoms with van der Waals surface area (Å²) < 4.78 is 26.9. The highest BCUT2D eigenvalue weighted by molar-refractivity contribution is 6.37. The molecule has 1 aliphatic heterocycles. The zero-order valence-corrected chi connectivity index (χ0v) is 21.7. The number of H-pyrrole nitrogens is 1. The second kappa shape index (κ2) is 8.84. The van der Waals surface area contributed by atoms with E-state index in [-0.39, 0.29) is 38.7 Å². The minimum Gasteiger partial charge on any atom is -0.451 e. The van der Waals surface area contributed by atoms with Crippen molar-refractivity contribution >= 4 is 46.7 Å². The first kappa shape index (κ1) is 25.7. The highest BCUT2D eigenvalue weighted by atomic mass is 35.5. The van der Waals surface area contributed by atoms with Crippen LogP contribution in [0.3, 0.4) is 0 Å². The van der Waals surface area contributed by atoms with Crippen molar-refractivity contribution in [1.82, 2.24) is 14.8 Å². The summed E-state index contributed by atoms with van der Waals surface area (Å²) in [6, 6.07) is 5.40. The lowest BCUT2D eigenvalue weighted by molar-refractivity contribution is -0.117. The van der Waals surface area contributed by atoms with Gasteiger partial charge in [-0.05, 0) is 57.9 Å². The first-order valence-corrected chi connectivity index (χ1v) is 12.1. The SMILES string of the molecule is CC(C)(C)OC(=O)Nc1nn(-c2cc(Cl)c(Oc3ccc4c(c3F)C3(CC3)C(=O)N4)c(Cl)c2)c(=O)[nH]c1=O. The predicted molar refractivity (Wildman–Crippen MR) is 136 cm³/mol. The number of carbonyl (C=O) groups is 2. The molecule has 0 atom stereocenters. The summed E-state index contributed by atoms with van der Waals surface area (Å²) in [5, 5.41) is 8.53. The molecule has 1 aliphatic carbocycles. The quantitative estimate of drug-likeness (QED) is 0.424. The average molecular weight is 564 g/mol. The summed E-state index contributed by atoms with van der Waals surface area (Å²) in [4.78, 5) is 51.0. The molecule has 2 aromatic carbocycles. The Balaban J connectivity index is 1.46. The fraction of sp³-hybridized carbons (Fsp3) is 0.292. The maximum absolute atomic E-state index is 15.4. The van der Waals surface area contributed by atoms with Gasteiger partial charge in [-0.25, -0.2) is 14.0 Å². The Labute approximate surface area is 223 Å². The van der Waals surface area contributed by atoms with Gasteiger partial charge in [0.25, 0.3) is 5.56 Å². The molecular formula is C24H20Cl2FN5O6. The van der Waals surface area contributed by atoms with Crippen LogP contribution >= 0.6 is 23.2 Å². The van der Waals surface area contributed by atoms with Crippen LogP contribution in [0.2, 0.25) is 10.0 Å². The zero-order chi connectivity index (χ0) is 27.6. The third-order valence-corrected chi connectivity index (χ3v) is 6.47. The number of amides is 2. The third-order valence-electron chi connectivity index (χ3n) is 5.90. The van der Waals surface area contributed by atoms with Crippen LogP contribution in [0.5, 0.6) is 11.5 Å². The van der Waals surface area contributed by atoms with Crippen molar-refractivity contribution in [3.63, 3.8) is 0 Å². The van der Waals surface area contributed by atoms with Crippen LogP contribution in [-0.4, -0.2) is 32.4 Å². The number of rotatable bonds is 4. The van der Waals surface area contributed by atoms with Gasteiger partial charge in [0.05, 0.1) is 21.1 Å². The van der Waals surface area contributed by atoms with Gasteiger partial charge in [-0.1, -0.05) is 23.2 Å². The normalized spacial score (nSPS) is 15.2. The fourth-order valence-corrected chi connectivity index (χ4v) is 4.65. The minimum atomic E-state index is -0.957. The number of nitrogens with one attached hydrogen (secondary N) is 3. The van der Waals surface area contributed by atoms with E-state index in [4.69, 9.17) is 32.7 Å². The van der Waals surface area contributed by atoms with E-state index >= 15 is 4.39 Å². The number of anilines is 2. The number of aromatic amines is 1. The number of ether oxygens (including phenoxy) is 2. The fourth-order valence-electron chi connectivity index (χ4n) is 4.10. The Bertz CT molecular complexity index is 1620. The summed E-state index contributed by atoms with van der Waals surface area (Å²) in [5.41, 5.74) is -2.96. The van der Waals surface area contributed by atoms with Crippen molar-refractivity contribution in [2.45, 2.75) is 44.6 Å². The van der Waals surface area contributed by atoms with Gasteiger partial charge < -0.3 is 14.8 Å². The lowest BCUT2D eigenvalue weighted by atomic mass is 9.97. The Kier molecular flexibility index (Phi) is 5.99. The van der Waals surface area contributed by atoms with Crippen molar-refractivity contribution in [2.24, 2.45) is 0 Å². The van der Waals surface area contributed by atoms with E-state index in [1.54, 1.807) is 20.8 Å². The monoisotopic (exact) mass is 563 g/mol. The molecule has 14 heteroatoms. The van der Waals surface area contributed by atoms with Gasteiger partial charge in [0.2, 0.25) is 11.7 Å². The molecule has 11 nitrogen and oxygen atoms in total. The van der Waals surface area contributed by atoms with E-state index in [1.165, 1.54) is 24.3 Å². The average Bonchev–Trinajstić information content (AvgIpc) is 3.54. The van der Waals surface area contributed by atoms with Gasteiger partial charge in [0, 0.05) is 11.3 Å². The Morgan fingerprint density at radius 2 is 1.82 bits per heavy atom. The molecule has 3 aromatic rings.